The molecule has 2 amide bonds. The van der Waals surface area contributed by atoms with Crippen LogP contribution in [-0.4, -0.2) is 45.6 Å². The van der Waals surface area contributed by atoms with Gasteiger partial charge in [-0.15, -0.1) is 0 Å². The number of aryl methyl sites for hydroxylation is 1. The molecule has 2 aromatic heterocycles. The van der Waals surface area contributed by atoms with Gasteiger partial charge >= 0.3 is 6.09 Å². The number of aromatic nitrogens is 3. The average Bonchev–Trinajstić information content (AvgIpc) is 3.17. The predicted molar refractivity (Wildman–Crippen MR) is 154 cm³/mol. The van der Waals surface area contributed by atoms with Crippen LogP contribution in [-0.2, 0) is 11.2 Å². The van der Waals surface area contributed by atoms with E-state index in [1.807, 2.05) is 32.9 Å². The lowest BCUT2D eigenvalue weighted by Gasteiger charge is -2.43. The number of fused-ring (bicyclic) bond motifs is 1. The van der Waals surface area contributed by atoms with Crippen molar-refractivity contribution >= 4 is 35.4 Å². The van der Waals surface area contributed by atoms with E-state index < -0.39 is 17.6 Å². The first-order chi connectivity index (χ1) is 18.9. The number of carbonyl (C=O) groups excluding carboxylic acids is 2. The highest BCUT2D eigenvalue weighted by atomic mass is 35.5. The number of primary amides is 1. The number of halogens is 1. The van der Waals surface area contributed by atoms with Gasteiger partial charge in [0, 0.05) is 35.8 Å². The number of pyridine rings is 1. The monoisotopic (exact) mass is 563 g/mol. The van der Waals surface area contributed by atoms with Gasteiger partial charge in [-0.25, -0.2) is 19.7 Å². The second kappa shape index (κ2) is 10.2. The number of amides is 2. The minimum Gasteiger partial charge on any atom is -0.444 e. The van der Waals surface area contributed by atoms with Gasteiger partial charge in [-0.1, -0.05) is 35.9 Å². The van der Waals surface area contributed by atoms with Crippen molar-refractivity contribution < 1.29 is 14.3 Å². The Morgan fingerprint density at radius 2 is 1.85 bits per heavy atom. The Morgan fingerprint density at radius 3 is 2.52 bits per heavy atom. The smallest absolute Gasteiger partial charge is 0.408 e. The van der Waals surface area contributed by atoms with Gasteiger partial charge in [-0.3, -0.25) is 4.79 Å². The quantitative estimate of drug-likeness (QED) is 0.417. The first kappa shape index (κ1) is 27.6. The summed E-state index contributed by atoms with van der Waals surface area (Å²) in [4.78, 5) is 40.8. The molecule has 1 aromatic carbocycles. The number of nitrogens with one attached hydrogen (secondary N) is 1. The number of anilines is 2. The van der Waals surface area contributed by atoms with E-state index in [9.17, 15) is 9.59 Å². The number of hydrogen-bond donors (Lipinski definition) is 3. The summed E-state index contributed by atoms with van der Waals surface area (Å²) < 4.78 is 5.61. The fourth-order valence-corrected chi connectivity index (χ4v) is 6.12. The van der Waals surface area contributed by atoms with Crippen molar-refractivity contribution in [1.29, 1.82) is 0 Å². The molecule has 1 atom stereocenters. The van der Waals surface area contributed by atoms with Gasteiger partial charge < -0.3 is 26.4 Å². The van der Waals surface area contributed by atoms with Gasteiger partial charge in [0.15, 0.2) is 0 Å². The summed E-state index contributed by atoms with van der Waals surface area (Å²) in [5.74, 6) is -0.115. The van der Waals surface area contributed by atoms with Crippen LogP contribution < -0.4 is 21.7 Å². The summed E-state index contributed by atoms with van der Waals surface area (Å²) in [5, 5.41) is 3.39. The Balaban J connectivity index is 1.42. The standard InChI is InChI=1S/C29H34ClN7O3/c1-16-20(19-9-12-33-24(31)21(19)30)22(25(32)38)35-26(34-16)37-13-10-29(11-14-37)15-17-7-5-6-8-18(17)23(29)36-27(39)40-28(2,3)4/h5-9,12,23H,10-11,13-15H2,1-4H3,(H2,31,33)(H2,32,38)(H,36,39)/t23-/m1/s1. The van der Waals surface area contributed by atoms with Crippen LogP contribution in [0.5, 0.6) is 0 Å². The number of benzene rings is 1. The van der Waals surface area contributed by atoms with Gasteiger partial charge in [0.05, 0.1) is 16.8 Å². The van der Waals surface area contributed by atoms with E-state index in [1.54, 1.807) is 13.0 Å². The fourth-order valence-electron chi connectivity index (χ4n) is 5.92. The summed E-state index contributed by atoms with van der Waals surface area (Å²) in [6.07, 6.45) is 3.51. The first-order valence-corrected chi connectivity index (χ1v) is 13.7. The Kier molecular flexibility index (Phi) is 7.08. The Bertz CT molecular complexity index is 1480. The van der Waals surface area contributed by atoms with Crippen LogP contribution in [0.3, 0.4) is 0 Å². The molecule has 1 spiro atoms. The summed E-state index contributed by atoms with van der Waals surface area (Å²) in [6.45, 7) is 8.64. The molecular weight excluding hydrogens is 530 g/mol. The van der Waals surface area contributed by atoms with Gasteiger partial charge in [0.2, 0.25) is 5.95 Å². The minimum absolute atomic E-state index is 0.0769. The lowest BCUT2D eigenvalue weighted by atomic mass is 9.73. The van der Waals surface area contributed by atoms with E-state index >= 15 is 0 Å². The van der Waals surface area contributed by atoms with Crippen LogP contribution in [0.1, 0.15) is 67.0 Å². The van der Waals surface area contributed by atoms with Crippen LogP contribution in [0.2, 0.25) is 5.02 Å². The van der Waals surface area contributed by atoms with Crippen LogP contribution in [0, 0.1) is 12.3 Å². The van der Waals surface area contributed by atoms with Gasteiger partial charge in [-0.05, 0) is 64.2 Å². The van der Waals surface area contributed by atoms with Gasteiger partial charge in [-0.2, -0.15) is 0 Å². The maximum Gasteiger partial charge on any atom is 0.408 e. The molecule has 0 bridgehead atoms. The first-order valence-electron chi connectivity index (χ1n) is 13.3. The third kappa shape index (κ3) is 5.15. The van der Waals surface area contributed by atoms with E-state index in [0.717, 1.165) is 24.8 Å². The molecule has 10 nitrogen and oxygen atoms in total. The summed E-state index contributed by atoms with van der Waals surface area (Å²) in [6, 6.07) is 9.73. The Labute approximate surface area is 238 Å². The molecular formula is C29H34ClN7O3. The lowest BCUT2D eigenvalue weighted by Crippen LogP contribution is -2.48. The molecule has 0 radical (unpaired) electrons. The number of nitrogens with two attached hydrogens (primary N) is 2. The number of nitrogens with zero attached hydrogens (tertiary/aromatic N) is 4. The number of carbonyl (C=O) groups is 2. The normalized spacial score (nSPS) is 17.9. The van der Waals surface area contributed by atoms with Crippen molar-refractivity contribution in [2.75, 3.05) is 23.7 Å². The molecule has 2 aliphatic rings. The number of piperidine rings is 1. The molecule has 3 aromatic rings. The summed E-state index contributed by atoms with van der Waals surface area (Å²) in [5.41, 5.74) is 14.8. The molecule has 1 fully saturated rings. The van der Waals surface area contributed by atoms with Crippen molar-refractivity contribution in [1.82, 2.24) is 20.3 Å². The number of nitrogen functional groups attached to an aromatic ring is 1. The number of hydrogen-bond acceptors (Lipinski definition) is 8. The summed E-state index contributed by atoms with van der Waals surface area (Å²) >= 11 is 6.41. The highest BCUT2D eigenvalue weighted by Crippen LogP contribution is 2.52. The molecule has 1 aliphatic heterocycles. The predicted octanol–water partition coefficient (Wildman–Crippen LogP) is 4.59. The van der Waals surface area contributed by atoms with Crippen LogP contribution in [0.25, 0.3) is 11.1 Å². The number of ether oxygens (including phenoxy) is 1. The number of alkyl carbamates (subject to hydrolysis) is 1. The number of rotatable bonds is 4. The fraction of sp³-hybridized carbons (Fsp3) is 0.414. The van der Waals surface area contributed by atoms with Crippen LogP contribution in [0.4, 0.5) is 16.6 Å². The van der Waals surface area contributed by atoms with Crippen molar-refractivity contribution in [3.8, 4) is 11.1 Å². The zero-order valence-corrected chi connectivity index (χ0v) is 23.9. The minimum atomic E-state index is -0.686. The van der Waals surface area contributed by atoms with Crippen molar-refractivity contribution in [2.45, 2.75) is 58.6 Å². The van der Waals surface area contributed by atoms with E-state index in [4.69, 9.17) is 32.8 Å². The molecule has 5 rings (SSSR count). The zero-order valence-electron chi connectivity index (χ0n) is 23.1. The van der Waals surface area contributed by atoms with E-state index in [2.05, 4.69) is 32.3 Å². The lowest BCUT2D eigenvalue weighted by molar-refractivity contribution is 0.0427. The molecule has 0 saturated carbocycles. The summed E-state index contributed by atoms with van der Waals surface area (Å²) in [7, 11) is 0. The molecule has 0 unspecified atom stereocenters. The second-order valence-electron chi connectivity index (χ2n) is 11.6. The molecule has 11 heteroatoms. The van der Waals surface area contributed by atoms with E-state index in [1.165, 1.54) is 11.8 Å². The van der Waals surface area contributed by atoms with Gasteiger partial charge in [0.25, 0.3) is 5.91 Å². The molecule has 40 heavy (non-hydrogen) atoms. The Morgan fingerprint density at radius 1 is 1.15 bits per heavy atom. The maximum absolute atomic E-state index is 12.8. The average molecular weight is 564 g/mol. The molecule has 1 aliphatic carbocycles. The second-order valence-corrected chi connectivity index (χ2v) is 11.9. The third-order valence-electron chi connectivity index (χ3n) is 7.72. The van der Waals surface area contributed by atoms with Crippen molar-refractivity contribution in [3.05, 3.63) is 64.1 Å². The topological polar surface area (TPSA) is 149 Å². The van der Waals surface area contributed by atoms with E-state index in [-0.39, 0.29) is 28.0 Å². The molecule has 5 N–H and O–H groups in total. The van der Waals surface area contributed by atoms with E-state index in [0.29, 0.717) is 35.9 Å². The maximum atomic E-state index is 12.8. The molecule has 210 valence electrons. The Hall–Kier alpha value is -3.92. The zero-order chi connectivity index (χ0) is 28.8. The molecule has 3 heterocycles. The molecule has 1 saturated heterocycles. The van der Waals surface area contributed by atoms with Crippen LogP contribution in [0.15, 0.2) is 36.5 Å². The van der Waals surface area contributed by atoms with Crippen LogP contribution >= 0.6 is 11.6 Å². The van der Waals surface area contributed by atoms with Crippen molar-refractivity contribution in [3.63, 3.8) is 0 Å². The SMILES string of the molecule is Cc1nc(N2CCC3(CC2)Cc2ccccc2[C@H]3NC(=O)OC(C)(C)C)nc(C(N)=O)c1-c1ccnc(N)c1Cl. The highest BCUT2D eigenvalue weighted by molar-refractivity contribution is 6.35. The van der Waals surface area contributed by atoms with Crippen molar-refractivity contribution in [2.24, 2.45) is 11.1 Å². The third-order valence-corrected chi connectivity index (χ3v) is 8.12. The van der Waals surface area contributed by atoms with Gasteiger partial charge in [0.1, 0.15) is 17.1 Å². The largest absolute Gasteiger partial charge is 0.444 e. The highest BCUT2D eigenvalue weighted by Gasteiger charge is 2.49.